The first kappa shape index (κ1) is 12.2. The number of nitrogens with zero attached hydrogens (tertiary/aromatic N) is 3. The number of anilines is 1. The monoisotopic (exact) mass is 256 g/mol. The number of aryl methyl sites for hydroxylation is 1. The molecule has 1 aromatic carbocycles. The fraction of sp³-hybridized carbons (Fsp3) is 0.400. The second-order valence-electron chi connectivity index (χ2n) is 5.43. The van der Waals surface area contributed by atoms with Crippen molar-refractivity contribution in [1.82, 2.24) is 9.55 Å². The maximum atomic E-state index is 6.00. The van der Waals surface area contributed by atoms with Gasteiger partial charge in [-0.2, -0.15) is 0 Å². The first-order chi connectivity index (χ1) is 9.13. The van der Waals surface area contributed by atoms with Gasteiger partial charge in [0.2, 0.25) is 0 Å². The summed E-state index contributed by atoms with van der Waals surface area (Å²) in [5, 5.41) is 0. The summed E-state index contributed by atoms with van der Waals surface area (Å²) in [5.74, 6) is 1.16. The van der Waals surface area contributed by atoms with Gasteiger partial charge in [0, 0.05) is 50.6 Å². The Bertz CT molecular complexity index is 568. The van der Waals surface area contributed by atoms with Crippen LogP contribution in [-0.4, -0.2) is 29.7 Å². The van der Waals surface area contributed by atoms with Crippen molar-refractivity contribution in [1.29, 1.82) is 0 Å². The van der Waals surface area contributed by atoms with Gasteiger partial charge in [-0.3, -0.25) is 0 Å². The summed E-state index contributed by atoms with van der Waals surface area (Å²) in [4.78, 5) is 6.82. The molecule has 0 aliphatic carbocycles. The number of benzene rings is 1. The molecule has 0 saturated carbocycles. The number of hydrogen-bond acceptors (Lipinski definition) is 3. The second-order valence-corrected chi connectivity index (χ2v) is 5.43. The molecule has 0 radical (unpaired) electrons. The highest BCUT2D eigenvalue weighted by Crippen LogP contribution is 2.24. The third-order valence-electron chi connectivity index (χ3n) is 3.71. The maximum Gasteiger partial charge on any atom is 0.109 e. The van der Waals surface area contributed by atoms with Gasteiger partial charge in [-0.1, -0.05) is 12.1 Å². The SMILES string of the molecule is CN(C)c1ccc(-c2cn3c(n2)CCC(N)C3)cc1. The van der Waals surface area contributed by atoms with Crippen molar-refractivity contribution in [2.45, 2.75) is 25.4 Å². The minimum Gasteiger partial charge on any atom is -0.378 e. The van der Waals surface area contributed by atoms with Crippen molar-refractivity contribution < 1.29 is 0 Å². The Hall–Kier alpha value is -1.81. The summed E-state index contributed by atoms with van der Waals surface area (Å²) < 4.78 is 2.20. The molecule has 1 unspecified atom stereocenters. The summed E-state index contributed by atoms with van der Waals surface area (Å²) in [6.07, 6.45) is 4.14. The van der Waals surface area contributed by atoms with Crippen molar-refractivity contribution >= 4 is 5.69 Å². The lowest BCUT2D eigenvalue weighted by atomic mass is 10.1. The van der Waals surface area contributed by atoms with Crippen molar-refractivity contribution in [3.8, 4) is 11.3 Å². The van der Waals surface area contributed by atoms with E-state index in [2.05, 4.69) is 39.9 Å². The van der Waals surface area contributed by atoms with Crippen LogP contribution in [0.4, 0.5) is 5.69 Å². The molecule has 100 valence electrons. The molecule has 2 heterocycles. The standard InChI is InChI=1S/C15H20N4/c1-18(2)13-6-3-11(4-7-13)14-10-19-9-12(16)5-8-15(19)17-14/h3-4,6-7,10,12H,5,8-9,16H2,1-2H3. The summed E-state index contributed by atoms with van der Waals surface area (Å²) in [6, 6.07) is 8.78. The minimum atomic E-state index is 0.269. The molecule has 4 nitrogen and oxygen atoms in total. The average Bonchev–Trinajstić information content (AvgIpc) is 2.81. The molecule has 4 heteroatoms. The third-order valence-corrected chi connectivity index (χ3v) is 3.71. The van der Waals surface area contributed by atoms with Gasteiger partial charge >= 0.3 is 0 Å². The van der Waals surface area contributed by atoms with Crippen LogP contribution in [0, 0.1) is 0 Å². The summed E-state index contributed by atoms with van der Waals surface area (Å²) in [6.45, 7) is 0.887. The molecule has 0 spiro atoms. The molecule has 1 aromatic heterocycles. The second kappa shape index (κ2) is 4.70. The lowest BCUT2D eigenvalue weighted by molar-refractivity contribution is 0.453. The highest BCUT2D eigenvalue weighted by Gasteiger charge is 2.17. The lowest BCUT2D eigenvalue weighted by Crippen LogP contribution is -2.31. The maximum absolute atomic E-state index is 6.00. The van der Waals surface area contributed by atoms with Crippen molar-refractivity contribution in [3.63, 3.8) is 0 Å². The highest BCUT2D eigenvalue weighted by molar-refractivity contribution is 5.62. The van der Waals surface area contributed by atoms with Crippen molar-refractivity contribution in [3.05, 3.63) is 36.3 Å². The molecular formula is C15H20N4. The molecule has 1 atom stereocenters. The molecule has 2 N–H and O–H groups in total. The van der Waals surface area contributed by atoms with Crippen LogP contribution in [0.5, 0.6) is 0 Å². The van der Waals surface area contributed by atoms with Crippen molar-refractivity contribution in [2.24, 2.45) is 5.73 Å². The van der Waals surface area contributed by atoms with Gasteiger partial charge in [0.05, 0.1) is 5.69 Å². The molecule has 3 rings (SSSR count). The van der Waals surface area contributed by atoms with E-state index in [4.69, 9.17) is 10.7 Å². The van der Waals surface area contributed by atoms with Crippen LogP contribution in [0.2, 0.25) is 0 Å². The van der Waals surface area contributed by atoms with Crippen LogP contribution in [0.15, 0.2) is 30.5 Å². The Labute approximate surface area is 113 Å². The van der Waals surface area contributed by atoms with Crippen molar-refractivity contribution in [2.75, 3.05) is 19.0 Å². The third kappa shape index (κ3) is 2.36. The molecule has 0 saturated heterocycles. The Kier molecular flexibility index (Phi) is 3.03. The molecule has 19 heavy (non-hydrogen) atoms. The molecule has 0 bridgehead atoms. The van der Waals surface area contributed by atoms with Gasteiger partial charge in [-0.05, 0) is 18.6 Å². The van der Waals surface area contributed by atoms with Crippen LogP contribution in [-0.2, 0) is 13.0 Å². The zero-order valence-electron chi connectivity index (χ0n) is 11.5. The molecule has 1 aliphatic heterocycles. The first-order valence-corrected chi connectivity index (χ1v) is 6.73. The molecule has 2 aromatic rings. The number of fused-ring (bicyclic) bond motifs is 1. The normalized spacial score (nSPS) is 18.2. The fourth-order valence-corrected chi connectivity index (χ4v) is 2.54. The average molecular weight is 256 g/mol. The van der Waals surface area contributed by atoms with Gasteiger partial charge < -0.3 is 15.2 Å². The van der Waals surface area contributed by atoms with Crippen LogP contribution in [0.3, 0.4) is 0 Å². The Morgan fingerprint density at radius 1 is 1.26 bits per heavy atom. The number of nitrogens with two attached hydrogens (primary N) is 1. The Balaban J connectivity index is 1.90. The number of rotatable bonds is 2. The zero-order chi connectivity index (χ0) is 13.4. The smallest absolute Gasteiger partial charge is 0.109 e. The van der Waals surface area contributed by atoms with Gasteiger partial charge in [-0.15, -0.1) is 0 Å². The van der Waals surface area contributed by atoms with E-state index in [0.29, 0.717) is 0 Å². The Morgan fingerprint density at radius 3 is 2.68 bits per heavy atom. The number of hydrogen-bond donors (Lipinski definition) is 1. The fourth-order valence-electron chi connectivity index (χ4n) is 2.54. The first-order valence-electron chi connectivity index (χ1n) is 6.73. The molecule has 0 amide bonds. The van der Waals surface area contributed by atoms with Gasteiger partial charge in [0.15, 0.2) is 0 Å². The van der Waals surface area contributed by atoms with E-state index in [1.54, 1.807) is 0 Å². The van der Waals surface area contributed by atoms with E-state index in [1.807, 2.05) is 14.1 Å². The predicted molar refractivity (Wildman–Crippen MR) is 78.3 cm³/mol. The van der Waals surface area contributed by atoms with E-state index in [-0.39, 0.29) is 6.04 Å². The predicted octanol–water partition coefficient (Wildman–Crippen LogP) is 1.89. The zero-order valence-corrected chi connectivity index (χ0v) is 11.5. The van der Waals surface area contributed by atoms with Crippen LogP contribution in [0.25, 0.3) is 11.3 Å². The lowest BCUT2D eigenvalue weighted by Gasteiger charge is -2.19. The van der Waals surface area contributed by atoms with E-state index in [9.17, 15) is 0 Å². The van der Waals surface area contributed by atoms with E-state index < -0.39 is 0 Å². The number of imidazole rings is 1. The molecule has 1 aliphatic rings. The van der Waals surface area contributed by atoms with Crippen LogP contribution in [0.1, 0.15) is 12.2 Å². The summed E-state index contributed by atoms with van der Waals surface area (Å²) in [7, 11) is 4.09. The van der Waals surface area contributed by atoms with E-state index in [1.165, 1.54) is 11.3 Å². The largest absolute Gasteiger partial charge is 0.378 e. The van der Waals surface area contributed by atoms with Crippen LogP contribution >= 0.6 is 0 Å². The topological polar surface area (TPSA) is 47.1 Å². The van der Waals surface area contributed by atoms with Crippen LogP contribution < -0.4 is 10.6 Å². The molecular weight excluding hydrogens is 236 g/mol. The number of aromatic nitrogens is 2. The van der Waals surface area contributed by atoms with Gasteiger partial charge in [0.1, 0.15) is 5.82 Å². The minimum absolute atomic E-state index is 0.269. The van der Waals surface area contributed by atoms with E-state index >= 15 is 0 Å². The van der Waals surface area contributed by atoms with Gasteiger partial charge in [0.25, 0.3) is 0 Å². The quantitative estimate of drug-likeness (QED) is 0.892. The van der Waals surface area contributed by atoms with Gasteiger partial charge in [-0.25, -0.2) is 4.98 Å². The molecule has 0 fully saturated rings. The summed E-state index contributed by atoms with van der Waals surface area (Å²) in [5.41, 5.74) is 9.42. The summed E-state index contributed by atoms with van der Waals surface area (Å²) >= 11 is 0. The highest BCUT2D eigenvalue weighted by atomic mass is 15.1. The Morgan fingerprint density at radius 2 is 2.00 bits per heavy atom. The van der Waals surface area contributed by atoms with E-state index in [0.717, 1.165) is 30.9 Å².